The van der Waals surface area contributed by atoms with Crippen LogP contribution in [0.5, 0.6) is 5.88 Å². The molecule has 2 heterocycles. The molecule has 1 aromatic heterocycles. The Kier molecular flexibility index (Phi) is 9.47. The van der Waals surface area contributed by atoms with Gasteiger partial charge in [0.1, 0.15) is 12.7 Å². The van der Waals surface area contributed by atoms with E-state index in [0.717, 1.165) is 23.9 Å². The number of aromatic nitrogens is 2. The highest BCUT2D eigenvalue weighted by atomic mass is 32.1. The van der Waals surface area contributed by atoms with Crippen LogP contribution in [0.15, 0.2) is 12.2 Å². The molecule has 1 fully saturated rings. The lowest BCUT2D eigenvalue weighted by Crippen LogP contribution is -2.44. The number of nitrogens with zero attached hydrogens (tertiary/aromatic N) is 3. The van der Waals surface area contributed by atoms with E-state index in [4.69, 9.17) is 18.9 Å². The predicted molar refractivity (Wildman–Crippen MR) is 112 cm³/mol. The third kappa shape index (κ3) is 8.64. The normalized spacial score (nSPS) is 15.8. The monoisotopic (exact) mass is 442 g/mol. The summed E-state index contributed by atoms with van der Waals surface area (Å²) in [4.78, 5) is 25.5. The van der Waals surface area contributed by atoms with Crippen molar-refractivity contribution < 1.29 is 28.5 Å². The number of hydrogen-bond acceptors (Lipinski definition) is 11. The Labute approximate surface area is 180 Å². The summed E-state index contributed by atoms with van der Waals surface area (Å²) in [5, 5.41) is 3.29. The molecule has 168 valence electrons. The highest BCUT2D eigenvalue weighted by molar-refractivity contribution is 6.99. The first-order valence-corrected chi connectivity index (χ1v) is 10.6. The van der Waals surface area contributed by atoms with E-state index in [-0.39, 0.29) is 18.8 Å². The second-order valence-corrected chi connectivity index (χ2v) is 8.11. The smallest absolute Gasteiger partial charge is 0.331 e. The van der Waals surface area contributed by atoms with Crippen molar-refractivity contribution in [3.8, 4) is 5.88 Å². The number of rotatable bonds is 10. The second-order valence-electron chi connectivity index (χ2n) is 7.58. The van der Waals surface area contributed by atoms with Gasteiger partial charge in [0, 0.05) is 37.3 Å². The number of morpholine rings is 1. The SMILES string of the molecule is CCOC(=O)/C=C/C(=O)O[C@@H](CNC(C)(C)C)COc1nsnc1N1CCOCC1. The van der Waals surface area contributed by atoms with Gasteiger partial charge in [0.15, 0.2) is 0 Å². The summed E-state index contributed by atoms with van der Waals surface area (Å²) < 4.78 is 30.0. The molecule has 0 saturated carbocycles. The van der Waals surface area contributed by atoms with Gasteiger partial charge in [-0.1, -0.05) is 0 Å². The summed E-state index contributed by atoms with van der Waals surface area (Å²) >= 11 is 1.07. The van der Waals surface area contributed by atoms with E-state index in [2.05, 4.69) is 19.0 Å². The van der Waals surface area contributed by atoms with Crippen LogP contribution in [-0.4, -0.2) is 78.4 Å². The zero-order valence-electron chi connectivity index (χ0n) is 17.9. The van der Waals surface area contributed by atoms with Crippen LogP contribution in [0.2, 0.25) is 0 Å². The first-order chi connectivity index (χ1) is 14.3. The van der Waals surface area contributed by atoms with Crippen molar-refractivity contribution in [2.75, 3.05) is 51.0 Å². The van der Waals surface area contributed by atoms with Gasteiger partial charge in [-0.3, -0.25) is 0 Å². The number of carbonyl (C=O) groups excluding carboxylic acids is 2. The third-order valence-electron chi connectivity index (χ3n) is 3.94. The summed E-state index contributed by atoms with van der Waals surface area (Å²) in [7, 11) is 0. The van der Waals surface area contributed by atoms with Crippen molar-refractivity contribution in [3.63, 3.8) is 0 Å². The summed E-state index contributed by atoms with van der Waals surface area (Å²) in [5.74, 6) is -0.184. The minimum atomic E-state index is -0.655. The standard InChI is InChI=1S/C19H30N4O6S/c1-5-27-15(24)6-7-16(25)29-14(12-20-19(2,3)4)13-28-18-17(21-30-22-18)23-8-10-26-11-9-23/h6-7,14,20H,5,8-13H2,1-4H3/b7-6+/t14-/m0/s1. The number of ether oxygens (including phenoxy) is 4. The van der Waals surface area contributed by atoms with Gasteiger partial charge in [-0.25, -0.2) is 9.59 Å². The van der Waals surface area contributed by atoms with Crippen LogP contribution in [0.4, 0.5) is 5.82 Å². The fraction of sp³-hybridized carbons (Fsp3) is 0.684. The van der Waals surface area contributed by atoms with Gasteiger partial charge in [-0.2, -0.15) is 4.37 Å². The van der Waals surface area contributed by atoms with Crippen LogP contribution in [0, 0.1) is 0 Å². The van der Waals surface area contributed by atoms with Gasteiger partial charge >= 0.3 is 11.9 Å². The number of anilines is 1. The van der Waals surface area contributed by atoms with E-state index >= 15 is 0 Å². The highest BCUT2D eigenvalue weighted by Crippen LogP contribution is 2.26. The Balaban J connectivity index is 1.97. The molecule has 1 aromatic rings. The number of carbonyl (C=O) groups is 2. The van der Waals surface area contributed by atoms with E-state index in [0.29, 0.717) is 44.5 Å². The van der Waals surface area contributed by atoms with E-state index in [1.54, 1.807) is 6.92 Å². The minimum Gasteiger partial charge on any atom is -0.470 e. The zero-order chi connectivity index (χ0) is 22.0. The largest absolute Gasteiger partial charge is 0.470 e. The average Bonchev–Trinajstić information content (AvgIpc) is 3.17. The van der Waals surface area contributed by atoms with Crippen molar-refractivity contribution in [1.29, 1.82) is 0 Å². The molecule has 1 atom stereocenters. The Morgan fingerprint density at radius 1 is 1.23 bits per heavy atom. The lowest BCUT2D eigenvalue weighted by Gasteiger charge is -2.27. The maximum absolute atomic E-state index is 12.1. The van der Waals surface area contributed by atoms with Gasteiger partial charge in [0.2, 0.25) is 5.82 Å². The summed E-state index contributed by atoms with van der Waals surface area (Å²) in [6.07, 6.45) is 1.50. The molecule has 0 spiro atoms. The molecule has 0 radical (unpaired) electrons. The predicted octanol–water partition coefficient (Wildman–Crippen LogP) is 1.17. The van der Waals surface area contributed by atoms with Crippen LogP contribution in [0.3, 0.4) is 0 Å². The first kappa shape index (κ1) is 24.0. The van der Waals surface area contributed by atoms with Crippen LogP contribution >= 0.6 is 11.7 Å². The Morgan fingerprint density at radius 3 is 2.60 bits per heavy atom. The summed E-state index contributed by atoms with van der Waals surface area (Å²) in [6.45, 7) is 11.1. The fourth-order valence-electron chi connectivity index (χ4n) is 2.49. The molecule has 2 rings (SSSR count). The van der Waals surface area contributed by atoms with Crippen LogP contribution in [-0.2, 0) is 23.8 Å². The van der Waals surface area contributed by atoms with Crippen LogP contribution < -0.4 is 15.0 Å². The maximum Gasteiger partial charge on any atom is 0.331 e. The molecule has 0 aliphatic carbocycles. The van der Waals surface area contributed by atoms with Gasteiger partial charge in [-0.15, -0.1) is 4.37 Å². The molecule has 0 amide bonds. The minimum absolute atomic E-state index is 0.0881. The van der Waals surface area contributed by atoms with Crippen molar-refractivity contribution in [2.24, 2.45) is 0 Å². The molecule has 1 saturated heterocycles. The molecule has 1 N–H and O–H groups in total. The fourth-order valence-corrected chi connectivity index (χ4v) is 3.01. The Hall–Kier alpha value is -2.24. The zero-order valence-corrected chi connectivity index (χ0v) is 18.7. The highest BCUT2D eigenvalue weighted by Gasteiger charge is 2.23. The first-order valence-electron chi connectivity index (χ1n) is 9.87. The molecule has 30 heavy (non-hydrogen) atoms. The lowest BCUT2D eigenvalue weighted by atomic mass is 10.1. The number of hydrogen-bond donors (Lipinski definition) is 1. The molecule has 0 aromatic carbocycles. The van der Waals surface area contributed by atoms with E-state index < -0.39 is 18.0 Å². The second kappa shape index (κ2) is 11.8. The molecular formula is C19H30N4O6S. The van der Waals surface area contributed by atoms with E-state index in [1.807, 2.05) is 20.8 Å². The average molecular weight is 443 g/mol. The molecule has 11 heteroatoms. The summed E-state index contributed by atoms with van der Waals surface area (Å²) in [6, 6.07) is 0. The number of esters is 2. The van der Waals surface area contributed by atoms with Gasteiger partial charge in [0.25, 0.3) is 5.88 Å². The molecule has 1 aliphatic rings. The molecule has 10 nitrogen and oxygen atoms in total. The summed E-state index contributed by atoms with van der Waals surface area (Å²) in [5.41, 5.74) is -0.174. The van der Waals surface area contributed by atoms with Crippen molar-refractivity contribution in [1.82, 2.24) is 14.1 Å². The lowest BCUT2D eigenvalue weighted by molar-refractivity contribution is -0.145. The van der Waals surface area contributed by atoms with Gasteiger partial charge in [-0.05, 0) is 27.7 Å². The molecular weight excluding hydrogens is 412 g/mol. The third-order valence-corrected chi connectivity index (χ3v) is 4.45. The van der Waals surface area contributed by atoms with Crippen LogP contribution in [0.25, 0.3) is 0 Å². The van der Waals surface area contributed by atoms with Crippen molar-refractivity contribution in [2.45, 2.75) is 39.3 Å². The Morgan fingerprint density at radius 2 is 1.93 bits per heavy atom. The molecule has 1 aliphatic heterocycles. The van der Waals surface area contributed by atoms with Crippen molar-refractivity contribution >= 4 is 29.5 Å². The quantitative estimate of drug-likeness (QED) is 0.418. The van der Waals surface area contributed by atoms with Gasteiger partial charge < -0.3 is 29.2 Å². The van der Waals surface area contributed by atoms with Crippen molar-refractivity contribution in [3.05, 3.63) is 12.2 Å². The Bertz CT molecular complexity index is 712. The number of nitrogens with one attached hydrogen (secondary N) is 1. The van der Waals surface area contributed by atoms with E-state index in [9.17, 15) is 9.59 Å². The van der Waals surface area contributed by atoms with Crippen LogP contribution in [0.1, 0.15) is 27.7 Å². The topological polar surface area (TPSA) is 112 Å². The van der Waals surface area contributed by atoms with E-state index in [1.165, 1.54) is 0 Å². The molecule has 0 unspecified atom stereocenters. The molecule has 0 bridgehead atoms. The maximum atomic E-state index is 12.1. The van der Waals surface area contributed by atoms with Gasteiger partial charge in [0.05, 0.1) is 31.5 Å².